The minimum Gasteiger partial charge on any atom is -0.444 e. The number of rotatable bonds is 5. The van der Waals surface area contributed by atoms with Crippen molar-refractivity contribution in [3.8, 4) is 0 Å². The van der Waals surface area contributed by atoms with Crippen molar-refractivity contribution in [2.45, 2.75) is 26.4 Å². The van der Waals surface area contributed by atoms with Crippen molar-refractivity contribution in [2.75, 3.05) is 44.2 Å². The zero-order chi connectivity index (χ0) is 18.4. The SMILES string of the molecule is CC(C)(C)OC(=O)NCCN1CCN(c2ccc([N+](=O)[O-])cc2)CC1. The van der Waals surface area contributed by atoms with Crippen LogP contribution in [0.5, 0.6) is 0 Å². The van der Waals surface area contributed by atoms with Gasteiger partial charge in [0.15, 0.2) is 0 Å². The van der Waals surface area contributed by atoms with Crippen molar-refractivity contribution in [1.82, 2.24) is 10.2 Å². The molecular formula is C17H26N4O4. The highest BCUT2D eigenvalue weighted by molar-refractivity contribution is 5.67. The molecule has 2 rings (SSSR count). The van der Waals surface area contributed by atoms with Crippen molar-refractivity contribution < 1.29 is 14.5 Å². The topological polar surface area (TPSA) is 88.0 Å². The van der Waals surface area contributed by atoms with Gasteiger partial charge in [-0.1, -0.05) is 0 Å². The fraction of sp³-hybridized carbons (Fsp3) is 0.588. The van der Waals surface area contributed by atoms with Crippen molar-refractivity contribution in [1.29, 1.82) is 0 Å². The normalized spacial score (nSPS) is 15.7. The number of benzene rings is 1. The maximum Gasteiger partial charge on any atom is 0.407 e. The Labute approximate surface area is 147 Å². The van der Waals surface area contributed by atoms with Gasteiger partial charge in [0, 0.05) is 57.1 Å². The minimum atomic E-state index is -0.486. The van der Waals surface area contributed by atoms with Gasteiger partial charge in [0.05, 0.1) is 4.92 Å². The Hall–Kier alpha value is -2.35. The van der Waals surface area contributed by atoms with Crippen LogP contribution in [0.25, 0.3) is 0 Å². The van der Waals surface area contributed by atoms with Gasteiger partial charge in [0.2, 0.25) is 0 Å². The van der Waals surface area contributed by atoms with Crippen molar-refractivity contribution in [2.24, 2.45) is 0 Å². The molecule has 1 heterocycles. The molecule has 0 aromatic heterocycles. The third-order valence-corrected chi connectivity index (χ3v) is 3.89. The summed E-state index contributed by atoms with van der Waals surface area (Å²) in [5, 5.41) is 13.5. The number of alkyl carbamates (subject to hydrolysis) is 1. The molecule has 1 amide bonds. The lowest BCUT2D eigenvalue weighted by molar-refractivity contribution is -0.384. The summed E-state index contributed by atoms with van der Waals surface area (Å²) in [5.41, 5.74) is 0.619. The van der Waals surface area contributed by atoms with Crippen LogP contribution in [-0.4, -0.2) is 60.8 Å². The first-order chi connectivity index (χ1) is 11.7. The number of nitro groups is 1. The lowest BCUT2D eigenvalue weighted by atomic mass is 10.2. The van der Waals surface area contributed by atoms with Crippen molar-refractivity contribution in [3.05, 3.63) is 34.4 Å². The predicted octanol–water partition coefficient (Wildman–Crippen LogP) is 2.24. The standard InChI is InChI=1S/C17H26N4O4/c1-17(2,3)25-16(22)18-8-9-19-10-12-20(13-11-19)14-4-6-15(7-5-14)21(23)24/h4-7H,8-13H2,1-3H3,(H,18,22). The molecule has 1 saturated heterocycles. The molecule has 0 radical (unpaired) electrons. The van der Waals surface area contributed by atoms with Crippen LogP contribution < -0.4 is 10.2 Å². The van der Waals surface area contributed by atoms with Gasteiger partial charge in [0.25, 0.3) is 5.69 Å². The molecule has 1 N–H and O–H groups in total. The van der Waals surface area contributed by atoms with E-state index in [1.54, 1.807) is 12.1 Å². The van der Waals surface area contributed by atoms with E-state index in [2.05, 4.69) is 15.1 Å². The van der Waals surface area contributed by atoms with Gasteiger partial charge >= 0.3 is 6.09 Å². The number of non-ortho nitro benzene ring substituents is 1. The summed E-state index contributed by atoms with van der Waals surface area (Å²) in [7, 11) is 0. The summed E-state index contributed by atoms with van der Waals surface area (Å²) in [5.74, 6) is 0. The van der Waals surface area contributed by atoms with Gasteiger partial charge in [-0.3, -0.25) is 15.0 Å². The summed E-state index contributed by atoms with van der Waals surface area (Å²) in [4.78, 5) is 26.4. The first kappa shape index (κ1) is 19.0. The molecule has 8 nitrogen and oxygen atoms in total. The average Bonchev–Trinajstić information content (AvgIpc) is 2.54. The van der Waals surface area contributed by atoms with E-state index in [0.29, 0.717) is 6.54 Å². The number of ether oxygens (including phenoxy) is 1. The predicted molar refractivity (Wildman–Crippen MR) is 96.0 cm³/mol. The molecule has 0 spiro atoms. The van der Waals surface area contributed by atoms with E-state index in [1.807, 2.05) is 20.8 Å². The zero-order valence-corrected chi connectivity index (χ0v) is 15.0. The van der Waals surface area contributed by atoms with Crippen LogP contribution in [0.15, 0.2) is 24.3 Å². The van der Waals surface area contributed by atoms with Gasteiger partial charge in [0.1, 0.15) is 5.60 Å². The number of piperazine rings is 1. The van der Waals surface area contributed by atoms with E-state index >= 15 is 0 Å². The van der Waals surface area contributed by atoms with Gasteiger partial charge < -0.3 is 15.0 Å². The molecule has 25 heavy (non-hydrogen) atoms. The first-order valence-electron chi connectivity index (χ1n) is 8.43. The van der Waals surface area contributed by atoms with Crippen LogP contribution >= 0.6 is 0 Å². The van der Waals surface area contributed by atoms with E-state index < -0.39 is 11.7 Å². The number of carbonyl (C=O) groups excluding carboxylic acids is 1. The second-order valence-corrected chi connectivity index (χ2v) is 7.03. The summed E-state index contributed by atoms with van der Waals surface area (Å²) < 4.78 is 5.20. The number of hydrogen-bond acceptors (Lipinski definition) is 6. The molecule has 1 fully saturated rings. The van der Waals surface area contributed by atoms with E-state index in [1.165, 1.54) is 12.1 Å². The molecule has 138 valence electrons. The third-order valence-electron chi connectivity index (χ3n) is 3.89. The maximum atomic E-state index is 11.6. The molecule has 1 aliphatic rings. The number of nitro benzene ring substituents is 1. The summed E-state index contributed by atoms with van der Waals surface area (Å²) in [6, 6.07) is 6.65. The second kappa shape index (κ2) is 8.15. The Morgan fingerprint density at radius 1 is 1.20 bits per heavy atom. The molecule has 1 aromatic carbocycles. The second-order valence-electron chi connectivity index (χ2n) is 7.03. The van der Waals surface area contributed by atoms with Crippen LogP contribution in [0, 0.1) is 10.1 Å². The largest absolute Gasteiger partial charge is 0.444 e. The number of carbonyl (C=O) groups is 1. The van der Waals surface area contributed by atoms with Gasteiger partial charge in [-0.15, -0.1) is 0 Å². The third kappa shape index (κ3) is 6.22. The molecule has 0 aliphatic carbocycles. The molecule has 0 atom stereocenters. The monoisotopic (exact) mass is 350 g/mol. The molecule has 1 aliphatic heterocycles. The smallest absolute Gasteiger partial charge is 0.407 e. The lowest BCUT2D eigenvalue weighted by Crippen LogP contribution is -2.48. The molecule has 0 bridgehead atoms. The minimum absolute atomic E-state index is 0.107. The van der Waals surface area contributed by atoms with E-state index in [-0.39, 0.29) is 10.6 Å². The number of anilines is 1. The van der Waals surface area contributed by atoms with Crippen LogP contribution in [0.4, 0.5) is 16.2 Å². The average molecular weight is 350 g/mol. The molecule has 0 saturated carbocycles. The molecule has 0 unspecified atom stereocenters. The quantitative estimate of drug-likeness (QED) is 0.647. The fourth-order valence-electron chi connectivity index (χ4n) is 2.65. The van der Waals surface area contributed by atoms with Crippen LogP contribution in [0.3, 0.4) is 0 Å². The Morgan fingerprint density at radius 2 is 1.80 bits per heavy atom. The Kier molecular flexibility index (Phi) is 6.19. The molecule has 1 aromatic rings. The highest BCUT2D eigenvalue weighted by Gasteiger charge is 2.19. The lowest BCUT2D eigenvalue weighted by Gasteiger charge is -2.36. The molecular weight excluding hydrogens is 324 g/mol. The van der Waals surface area contributed by atoms with E-state index in [0.717, 1.165) is 38.4 Å². The van der Waals surface area contributed by atoms with Gasteiger partial charge in [-0.25, -0.2) is 4.79 Å². The van der Waals surface area contributed by atoms with Crippen LogP contribution in [0.1, 0.15) is 20.8 Å². The van der Waals surface area contributed by atoms with Crippen LogP contribution in [-0.2, 0) is 4.74 Å². The van der Waals surface area contributed by atoms with E-state index in [4.69, 9.17) is 4.74 Å². The summed E-state index contributed by atoms with van der Waals surface area (Å²) in [6.45, 7) is 10.3. The Morgan fingerprint density at radius 3 is 2.32 bits per heavy atom. The van der Waals surface area contributed by atoms with Crippen molar-refractivity contribution >= 4 is 17.5 Å². The molecule has 8 heteroatoms. The van der Waals surface area contributed by atoms with Gasteiger partial charge in [-0.05, 0) is 32.9 Å². The maximum absolute atomic E-state index is 11.6. The summed E-state index contributed by atoms with van der Waals surface area (Å²) in [6.07, 6.45) is -0.392. The summed E-state index contributed by atoms with van der Waals surface area (Å²) >= 11 is 0. The van der Waals surface area contributed by atoms with Gasteiger partial charge in [-0.2, -0.15) is 0 Å². The number of hydrogen-bond donors (Lipinski definition) is 1. The number of nitrogens with one attached hydrogen (secondary N) is 1. The highest BCUT2D eigenvalue weighted by Crippen LogP contribution is 2.20. The zero-order valence-electron chi connectivity index (χ0n) is 15.0. The highest BCUT2D eigenvalue weighted by atomic mass is 16.6. The number of amides is 1. The fourth-order valence-corrected chi connectivity index (χ4v) is 2.65. The number of nitrogens with zero attached hydrogens (tertiary/aromatic N) is 3. The van der Waals surface area contributed by atoms with Crippen molar-refractivity contribution in [3.63, 3.8) is 0 Å². The van der Waals surface area contributed by atoms with E-state index in [9.17, 15) is 14.9 Å². The Bertz CT molecular complexity index is 590. The first-order valence-corrected chi connectivity index (χ1v) is 8.43. The Balaban J connectivity index is 1.71. The van der Waals surface area contributed by atoms with Crippen LogP contribution in [0.2, 0.25) is 0 Å².